The van der Waals surface area contributed by atoms with Crippen molar-refractivity contribution in [2.75, 3.05) is 24.3 Å². The number of amides is 1. The smallest absolute Gasteiger partial charge is 0.270 e. The van der Waals surface area contributed by atoms with Crippen LogP contribution in [0.2, 0.25) is 0 Å². The predicted octanol–water partition coefficient (Wildman–Crippen LogP) is 3.53. The van der Waals surface area contributed by atoms with E-state index in [0.29, 0.717) is 11.4 Å². The number of carbonyl (C=O) groups excluding carboxylic acids is 1. The van der Waals surface area contributed by atoms with Crippen molar-refractivity contribution in [3.05, 3.63) is 63.2 Å². The molecular weight excluding hydrogens is 294 g/mol. The number of aryl methyl sites for hydroxylation is 1. The molecule has 0 aliphatic carbocycles. The van der Waals surface area contributed by atoms with E-state index in [4.69, 9.17) is 0 Å². The highest BCUT2D eigenvalue weighted by molar-refractivity contribution is 6.09. The molecule has 0 unspecified atom stereocenters. The van der Waals surface area contributed by atoms with Crippen LogP contribution in [0.25, 0.3) is 0 Å². The highest BCUT2D eigenvalue weighted by Crippen LogP contribution is 2.26. The molecule has 1 N–H and O–H groups in total. The molecular formula is C17H19N3O3. The average molecular weight is 313 g/mol. The Bertz CT molecular complexity index is 770. The number of anilines is 2. The van der Waals surface area contributed by atoms with Crippen LogP contribution in [0.1, 0.15) is 21.5 Å². The summed E-state index contributed by atoms with van der Waals surface area (Å²) in [5.74, 6) is -0.369. The minimum Gasteiger partial charge on any atom is -0.377 e. The van der Waals surface area contributed by atoms with E-state index in [2.05, 4.69) is 5.32 Å². The van der Waals surface area contributed by atoms with Gasteiger partial charge in [-0.2, -0.15) is 0 Å². The molecule has 120 valence electrons. The lowest BCUT2D eigenvalue weighted by Gasteiger charge is -2.17. The second-order valence-electron chi connectivity index (χ2n) is 5.55. The Morgan fingerprint density at radius 2 is 1.87 bits per heavy atom. The molecule has 0 saturated heterocycles. The van der Waals surface area contributed by atoms with Gasteiger partial charge in [-0.15, -0.1) is 0 Å². The summed E-state index contributed by atoms with van der Waals surface area (Å²) in [4.78, 5) is 24.8. The Kier molecular flexibility index (Phi) is 4.64. The van der Waals surface area contributed by atoms with E-state index in [1.165, 1.54) is 12.1 Å². The first kappa shape index (κ1) is 16.5. The molecule has 23 heavy (non-hydrogen) atoms. The lowest BCUT2D eigenvalue weighted by atomic mass is 10.1. The van der Waals surface area contributed by atoms with Crippen LogP contribution < -0.4 is 10.2 Å². The summed E-state index contributed by atoms with van der Waals surface area (Å²) in [6.45, 7) is 3.88. The van der Waals surface area contributed by atoms with Crippen molar-refractivity contribution in [2.45, 2.75) is 13.8 Å². The molecule has 0 bridgehead atoms. The van der Waals surface area contributed by atoms with Crippen LogP contribution >= 0.6 is 0 Å². The van der Waals surface area contributed by atoms with Crippen molar-refractivity contribution in [1.29, 1.82) is 0 Å². The summed E-state index contributed by atoms with van der Waals surface area (Å²) < 4.78 is 0. The van der Waals surface area contributed by atoms with Gasteiger partial charge in [-0.05, 0) is 37.1 Å². The van der Waals surface area contributed by atoms with E-state index >= 15 is 0 Å². The molecule has 0 aliphatic rings. The monoisotopic (exact) mass is 313 g/mol. The van der Waals surface area contributed by atoms with E-state index < -0.39 is 4.92 Å². The summed E-state index contributed by atoms with van der Waals surface area (Å²) >= 11 is 0. The molecule has 0 aromatic heterocycles. The minimum atomic E-state index is -0.506. The van der Waals surface area contributed by atoms with Crippen molar-refractivity contribution in [3.8, 4) is 0 Å². The zero-order chi connectivity index (χ0) is 17.1. The van der Waals surface area contributed by atoms with Gasteiger partial charge in [0, 0.05) is 37.6 Å². The van der Waals surface area contributed by atoms with Crippen LogP contribution in [0, 0.1) is 24.0 Å². The topological polar surface area (TPSA) is 75.5 Å². The van der Waals surface area contributed by atoms with Crippen LogP contribution in [-0.2, 0) is 0 Å². The zero-order valence-corrected chi connectivity index (χ0v) is 13.6. The van der Waals surface area contributed by atoms with E-state index in [-0.39, 0.29) is 17.2 Å². The Hall–Kier alpha value is -2.89. The quantitative estimate of drug-likeness (QED) is 0.692. The van der Waals surface area contributed by atoms with Gasteiger partial charge in [0.15, 0.2) is 0 Å². The highest BCUT2D eigenvalue weighted by Gasteiger charge is 2.18. The lowest BCUT2D eigenvalue weighted by molar-refractivity contribution is -0.384. The van der Waals surface area contributed by atoms with Gasteiger partial charge in [0.25, 0.3) is 11.6 Å². The van der Waals surface area contributed by atoms with E-state index in [0.717, 1.165) is 11.1 Å². The number of nitrogens with zero attached hydrogens (tertiary/aromatic N) is 2. The summed E-state index contributed by atoms with van der Waals surface area (Å²) in [6.07, 6.45) is 0. The number of nitro groups is 1. The maximum Gasteiger partial charge on any atom is 0.270 e. The molecule has 0 atom stereocenters. The number of nitrogens with one attached hydrogen (secondary N) is 1. The van der Waals surface area contributed by atoms with Gasteiger partial charge >= 0.3 is 0 Å². The number of carbonyl (C=O) groups is 1. The van der Waals surface area contributed by atoms with Crippen molar-refractivity contribution in [1.82, 2.24) is 0 Å². The average Bonchev–Trinajstić information content (AvgIpc) is 2.51. The number of hydrogen-bond donors (Lipinski definition) is 1. The van der Waals surface area contributed by atoms with Gasteiger partial charge in [0.1, 0.15) is 0 Å². The van der Waals surface area contributed by atoms with Gasteiger partial charge in [-0.3, -0.25) is 14.9 Å². The fraction of sp³-hybridized carbons (Fsp3) is 0.235. The van der Waals surface area contributed by atoms with Crippen LogP contribution in [0.15, 0.2) is 36.4 Å². The summed E-state index contributed by atoms with van der Waals surface area (Å²) in [6, 6.07) is 9.91. The largest absolute Gasteiger partial charge is 0.377 e. The summed E-state index contributed by atoms with van der Waals surface area (Å²) in [5, 5.41) is 13.8. The molecule has 0 aliphatic heterocycles. The molecule has 0 spiro atoms. The molecule has 0 fully saturated rings. The van der Waals surface area contributed by atoms with Crippen molar-refractivity contribution < 1.29 is 9.72 Å². The van der Waals surface area contributed by atoms with Crippen molar-refractivity contribution in [2.24, 2.45) is 0 Å². The van der Waals surface area contributed by atoms with Crippen LogP contribution in [0.5, 0.6) is 0 Å². The molecule has 2 aromatic carbocycles. The fourth-order valence-corrected chi connectivity index (χ4v) is 2.29. The van der Waals surface area contributed by atoms with E-state index in [1.54, 1.807) is 25.1 Å². The molecule has 2 aromatic rings. The molecule has 6 heteroatoms. The fourth-order valence-electron chi connectivity index (χ4n) is 2.29. The van der Waals surface area contributed by atoms with Crippen molar-refractivity contribution in [3.63, 3.8) is 0 Å². The SMILES string of the molecule is Cc1cccc(NC(=O)c2cc([N+](=O)[O-])ccc2N(C)C)c1C. The number of rotatable bonds is 4. The Morgan fingerprint density at radius 1 is 1.17 bits per heavy atom. The Labute approximate surface area is 134 Å². The number of hydrogen-bond acceptors (Lipinski definition) is 4. The maximum absolute atomic E-state index is 12.6. The van der Waals surface area contributed by atoms with Gasteiger partial charge < -0.3 is 10.2 Å². The first-order chi connectivity index (χ1) is 10.8. The van der Waals surface area contributed by atoms with E-state index in [9.17, 15) is 14.9 Å². The number of nitro benzene ring substituents is 1. The molecule has 0 radical (unpaired) electrons. The van der Waals surface area contributed by atoms with Crippen molar-refractivity contribution >= 4 is 23.0 Å². The number of benzene rings is 2. The first-order valence-electron chi connectivity index (χ1n) is 7.14. The van der Waals surface area contributed by atoms with Gasteiger partial charge in [0.05, 0.1) is 10.5 Å². The Balaban J connectivity index is 2.43. The molecule has 0 saturated carbocycles. The normalized spacial score (nSPS) is 10.3. The highest BCUT2D eigenvalue weighted by atomic mass is 16.6. The predicted molar refractivity (Wildman–Crippen MR) is 91.3 cm³/mol. The second kappa shape index (κ2) is 6.48. The van der Waals surface area contributed by atoms with Gasteiger partial charge in [-0.25, -0.2) is 0 Å². The van der Waals surface area contributed by atoms with Gasteiger partial charge in [0.2, 0.25) is 0 Å². The molecule has 2 rings (SSSR count). The summed E-state index contributed by atoms with van der Waals surface area (Å²) in [5.41, 5.74) is 3.52. The molecule has 1 amide bonds. The minimum absolute atomic E-state index is 0.110. The van der Waals surface area contributed by atoms with Gasteiger partial charge in [-0.1, -0.05) is 12.1 Å². The second-order valence-corrected chi connectivity index (χ2v) is 5.55. The molecule has 0 heterocycles. The van der Waals surface area contributed by atoms with E-state index in [1.807, 2.05) is 32.0 Å². The van der Waals surface area contributed by atoms with Crippen LogP contribution in [0.3, 0.4) is 0 Å². The third-order valence-electron chi connectivity index (χ3n) is 3.77. The summed E-state index contributed by atoms with van der Waals surface area (Å²) in [7, 11) is 3.58. The Morgan fingerprint density at radius 3 is 2.48 bits per heavy atom. The standard InChI is InChI=1S/C17H19N3O3/c1-11-6-5-7-15(12(11)2)18-17(21)14-10-13(20(22)23)8-9-16(14)19(3)4/h5-10H,1-4H3,(H,18,21). The van der Waals surface area contributed by atoms with Crippen LogP contribution in [-0.4, -0.2) is 24.9 Å². The zero-order valence-electron chi connectivity index (χ0n) is 13.6. The third-order valence-corrected chi connectivity index (χ3v) is 3.77. The molecule has 6 nitrogen and oxygen atoms in total. The third kappa shape index (κ3) is 3.48. The maximum atomic E-state index is 12.6. The lowest BCUT2D eigenvalue weighted by Crippen LogP contribution is -2.19. The van der Waals surface area contributed by atoms with Crippen LogP contribution in [0.4, 0.5) is 17.1 Å². The number of non-ortho nitro benzene ring substituents is 1. The first-order valence-corrected chi connectivity index (χ1v) is 7.14.